The molecule has 0 unspecified atom stereocenters. The minimum absolute atomic E-state index is 0.630. The Morgan fingerprint density at radius 2 is 0.364 bits per heavy atom. The van der Waals surface area contributed by atoms with E-state index >= 15 is 0 Å². The molecule has 11 nitrogen and oxygen atoms in total. The Morgan fingerprint density at radius 3 is 0.690 bits per heavy atom. The first-order chi connectivity index (χ1) is 63.9. The molecule has 0 aliphatic heterocycles. The van der Waals surface area contributed by atoms with Crippen LogP contribution in [0.5, 0.6) is 0 Å². The Labute approximate surface area is 746 Å². The first-order valence-corrected chi connectivity index (χ1v) is 43.8. The summed E-state index contributed by atoms with van der Waals surface area (Å²) in [5.41, 5.74) is 21.3. The zero-order valence-electron chi connectivity index (χ0n) is 69.4. The van der Waals surface area contributed by atoms with Crippen molar-refractivity contribution in [3.05, 3.63) is 443 Å². The van der Waals surface area contributed by atoms with Crippen LogP contribution in [0.3, 0.4) is 0 Å². The summed E-state index contributed by atoms with van der Waals surface area (Å²) in [6.45, 7) is 0. The summed E-state index contributed by atoms with van der Waals surface area (Å²) < 4.78 is 15.2. The fourth-order valence-electron chi connectivity index (χ4n) is 17.5. The van der Waals surface area contributed by atoms with Crippen molar-refractivity contribution in [2.24, 2.45) is 0 Å². The molecule has 0 N–H and O–H groups in total. The van der Waals surface area contributed by atoms with Gasteiger partial charge >= 0.3 is 0 Å². The molecule has 129 heavy (non-hydrogen) atoms. The third-order valence-electron chi connectivity index (χ3n) is 23.8. The molecule has 19 aromatic carbocycles. The lowest BCUT2D eigenvalue weighted by molar-refractivity contribution is 0.669. The maximum absolute atomic E-state index is 6.33. The molecule has 0 aliphatic carbocycles. The van der Waals surface area contributed by atoms with Crippen molar-refractivity contribution >= 4 is 108 Å². The van der Waals surface area contributed by atoms with E-state index in [-0.39, 0.29) is 0 Å². The van der Waals surface area contributed by atoms with Crippen molar-refractivity contribution < 1.29 is 8.83 Å². The van der Waals surface area contributed by atoms with Gasteiger partial charge in [-0.3, -0.25) is 0 Å². The van der Waals surface area contributed by atoms with Crippen molar-refractivity contribution in [1.82, 2.24) is 44.9 Å². The summed E-state index contributed by atoms with van der Waals surface area (Å²) in [5.74, 6) is 5.85. The summed E-state index contributed by atoms with van der Waals surface area (Å²) in [7, 11) is 0. The molecule has 0 fully saturated rings. The number of aromatic nitrogens is 9. The van der Waals surface area contributed by atoms with E-state index in [1.54, 1.807) is 0 Å². The Kier molecular flexibility index (Phi) is 19.9. The third-order valence-corrected chi connectivity index (χ3v) is 25.0. The van der Waals surface area contributed by atoms with Crippen LogP contribution >= 0.6 is 11.3 Å². The third kappa shape index (κ3) is 14.9. The number of benzene rings is 19. The molecule has 0 atom stereocenters. The van der Waals surface area contributed by atoms with Crippen molar-refractivity contribution in [1.29, 1.82) is 0 Å². The van der Waals surface area contributed by atoms with Crippen LogP contribution < -0.4 is 0 Å². The van der Waals surface area contributed by atoms with Crippen LogP contribution in [0.2, 0.25) is 0 Å². The largest absolute Gasteiger partial charge is 0.456 e. The predicted molar refractivity (Wildman–Crippen MR) is 530 cm³/mol. The summed E-state index contributed by atoms with van der Waals surface area (Å²) >= 11 is 1.86. The molecule has 6 aromatic heterocycles. The normalized spacial score (nSPS) is 11.4. The van der Waals surface area contributed by atoms with Crippen LogP contribution in [0.25, 0.3) is 243 Å². The van der Waals surface area contributed by atoms with E-state index in [9.17, 15) is 0 Å². The van der Waals surface area contributed by atoms with E-state index in [2.05, 4.69) is 273 Å². The smallest absolute Gasteiger partial charge is 0.164 e. The second kappa shape index (κ2) is 33.5. The minimum Gasteiger partial charge on any atom is -0.456 e. The zero-order chi connectivity index (χ0) is 85.5. The van der Waals surface area contributed by atoms with Gasteiger partial charge in [0.1, 0.15) is 22.3 Å². The lowest BCUT2D eigenvalue weighted by Crippen LogP contribution is -2.00. The number of hydrogen-bond acceptors (Lipinski definition) is 12. The highest BCUT2D eigenvalue weighted by Crippen LogP contribution is 2.47. The average Bonchev–Trinajstić information content (AvgIpc) is 1.61. The van der Waals surface area contributed by atoms with E-state index in [0.717, 1.165) is 122 Å². The Balaban J connectivity index is 0.000000111. The Hall–Kier alpha value is -17.2. The molecule has 604 valence electrons. The number of rotatable bonds is 13. The summed E-state index contributed by atoms with van der Waals surface area (Å²) in [5, 5.41) is 14.5. The summed E-state index contributed by atoms with van der Waals surface area (Å²) in [4.78, 5) is 44.0. The second-order valence-electron chi connectivity index (χ2n) is 31.7. The van der Waals surface area contributed by atoms with Crippen LogP contribution in [-0.2, 0) is 0 Å². The molecular formula is C117H73N9O2S. The first kappa shape index (κ1) is 76.7. The molecule has 6 heterocycles. The average molecular weight is 1670 g/mol. The van der Waals surface area contributed by atoms with Crippen LogP contribution in [0.1, 0.15) is 0 Å². The van der Waals surface area contributed by atoms with E-state index in [0.29, 0.717) is 52.4 Å². The maximum Gasteiger partial charge on any atom is 0.164 e. The fourth-order valence-corrected chi connectivity index (χ4v) is 18.7. The van der Waals surface area contributed by atoms with E-state index < -0.39 is 0 Å². The number of fused-ring (bicyclic) bond motifs is 15. The van der Waals surface area contributed by atoms with Gasteiger partial charge in [0.2, 0.25) is 0 Å². The zero-order valence-corrected chi connectivity index (χ0v) is 70.2. The molecule has 0 spiro atoms. The highest BCUT2D eigenvalue weighted by molar-refractivity contribution is 7.26. The van der Waals surface area contributed by atoms with Gasteiger partial charge in [0.05, 0.1) is 0 Å². The summed E-state index contributed by atoms with van der Waals surface area (Å²) in [6, 6.07) is 152. The van der Waals surface area contributed by atoms with Crippen molar-refractivity contribution in [2.45, 2.75) is 0 Å². The van der Waals surface area contributed by atoms with E-state index in [4.69, 9.17) is 53.7 Å². The molecule has 0 amide bonds. The SMILES string of the molecule is c1ccc(-c2ccc(-c3nc(-c4ccccc4)nc(-c4ccc(-c5cccc6oc7ccc8ccccc8c7c56)cc4)n3)cc2)cc1.c1ccc(-c2nc(-c3ccccc3)nc(-c3ccc(-c4cccc5oc6ccc7ccccc7c6c45)cc3)n2)cc1.c1ccc(-c2nc(-c3ccccc3)nc(-c3ccc(-c4cccc5sc6ccc7ccccc7c6c45)cc3)n2)cc1. The van der Waals surface area contributed by atoms with Crippen molar-refractivity contribution in [2.75, 3.05) is 0 Å². The van der Waals surface area contributed by atoms with E-state index in [1.807, 2.05) is 181 Å². The summed E-state index contributed by atoms with van der Waals surface area (Å²) in [6.07, 6.45) is 0. The van der Waals surface area contributed by atoms with Crippen LogP contribution in [0, 0.1) is 0 Å². The van der Waals surface area contributed by atoms with Crippen molar-refractivity contribution in [3.8, 4) is 147 Å². The molecule has 25 rings (SSSR count). The first-order valence-electron chi connectivity index (χ1n) is 42.9. The molecule has 0 saturated carbocycles. The number of thiophene rings is 1. The van der Waals surface area contributed by atoms with E-state index in [1.165, 1.54) is 69.2 Å². The molecule has 0 saturated heterocycles. The fraction of sp³-hybridized carbons (Fsp3) is 0. The van der Waals surface area contributed by atoms with Gasteiger partial charge in [-0.1, -0.05) is 406 Å². The standard InChI is InChI=1S/C43H27N3O.C37H23N3O.C37H23N3S/c1-3-10-28(11-4-1)29-18-22-33(23-19-29)42-44-41(32-13-5-2-6-14-32)45-43(46-42)34-24-20-31(21-25-34)36-16-9-17-37-39(36)40-35-15-8-7-12-30(35)26-27-38(40)47-37;2*1-3-11-26(12-4-1)35-38-36(27-13-5-2-6-14-27)40-37(39-35)28-20-18-25(19-21-28)30-16-9-17-31-33(30)34-29-15-8-7-10-24(29)22-23-32(34)41-31/h1-27H;2*1-23H. The molecule has 0 bridgehead atoms. The van der Waals surface area contributed by atoms with Crippen LogP contribution in [0.15, 0.2) is 452 Å². The topological polar surface area (TPSA) is 142 Å². The van der Waals surface area contributed by atoms with Crippen molar-refractivity contribution in [3.63, 3.8) is 0 Å². The Morgan fingerprint density at radius 1 is 0.140 bits per heavy atom. The van der Waals surface area contributed by atoms with Gasteiger partial charge in [-0.05, 0) is 113 Å². The predicted octanol–water partition coefficient (Wildman–Crippen LogP) is 30.9. The van der Waals surface area contributed by atoms with Gasteiger partial charge in [-0.25, -0.2) is 44.9 Å². The number of nitrogens with zero attached hydrogens (tertiary/aromatic N) is 9. The van der Waals surface area contributed by atoms with Gasteiger partial charge in [-0.2, -0.15) is 0 Å². The Bertz CT molecular complexity index is 8060. The van der Waals surface area contributed by atoms with Crippen LogP contribution in [0.4, 0.5) is 0 Å². The molecular weight excluding hydrogens is 1600 g/mol. The minimum atomic E-state index is 0.630. The quantitative estimate of drug-likeness (QED) is 0.109. The second-order valence-corrected chi connectivity index (χ2v) is 32.8. The van der Waals surface area contributed by atoms with Gasteiger partial charge in [0.25, 0.3) is 0 Å². The lowest BCUT2D eigenvalue weighted by Gasteiger charge is -2.10. The van der Waals surface area contributed by atoms with Crippen LogP contribution in [-0.4, -0.2) is 44.9 Å². The highest BCUT2D eigenvalue weighted by atomic mass is 32.1. The molecule has 12 heteroatoms. The van der Waals surface area contributed by atoms with Gasteiger partial charge < -0.3 is 8.83 Å². The number of hydrogen-bond donors (Lipinski definition) is 0. The molecule has 0 aliphatic rings. The molecule has 25 aromatic rings. The van der Waals surface area contributed by atoms with Gasteiger partial charge in [-0.15, -0.1) is 11.3 Å². The van der Waals surface area contributed by atoms with Gasteiger partial charge in [0, 0.05) is 91.8 Å². The number of furan rings is 2. The maximum atomic E-state index is 6.33. The van der Waals surface area contributed by atoms with Gasteiger partial charge in [0.15, 0.2) is 52.4 Å². The monoisotopic (exact) mass is 1670 g/mol. The lowest BCUT2D eigenvalue weighted by atomic mass is 9.96. The highest BCUT2D eigenvalue weighted by Gasteiger charge is 2.23. The molecule has 0 radical (unpaired) electrons.